The van der Waals surface area contributed by atoms with E-state index in [4.69, 9.17) is 0 Å². The summed E-state index contributed by atoms with van der Waals surface area (Å²) >= 11 is 1.66. The Bertz CT molecular complexity index is 1020. The van der Waals surface area contributed by atoms with E-state index in [1.165, 1.54) is 6.07 Å². The Morgan fingerprint density at radius 2 is 1.81 bits per heavy atom. The number of rotatable bonds is 7. The highest BCUT2D eigenvalue weighted by atomic mass is 32.2. The average Bonchev–Trinajstić information content (AvgIpc) is 3.07. The van der Waals surface area contributed by atoms with Crippen LogP contribution in [0.25, 0.3) is 10.2 Å². The minimum absolute atomic E-state index is 0.0867. The molecule has 0 aliphatic rings. The lowest BCUT2D eigenvalue weighted by atomic mass is 10.2. The Labute approximate surface area is 163 Å². The topological polar surface area (TPSA) is 76.1 Å². The fourth-order valence-electron chi connectivity index (χ4n) is 2.72. The zero-order valence-corrected chi connectivity index (χ0v) is 16.9. The van der Waals surface area contributed by atoms with Crippen LogP contribution in [0.1, 0.15) is 35.6 Å². The highest BCUT2D eigenvalue weighted by Crippen LogP contribution is 2.23. The van der Waals surface area contributed by atoms with Crippen LogP contribution in [0.3, 0.4) is 0 Å². The molecule has 1 amide bonds. The van der Waals surface area contributed by atoms with Crippen molar-refractivity contribution in [1.82, 2.24) is 10.3 Å². The van der Waals surface area contributed by atoms with Crippen LogP contribution < -0.4 is 5.32 Å². The number of carbonyl (C=O) groups excluding carboxylic acids is 1. The van der Waals surface area contributed by atoms with Crippen LogP contribution in [-0.4, -0.2) is 31.1 Å². The third-order valence-corrected chi connectivity index (χ3v) is 7.56. The van der Waals surface area contributed by atoms with Crippen LogP contribution in [0, 0.1) is 0 Å². The number of para-hydroxylation sites is 1. The highest BCUT2D eigenvalue weighted by Gasteiger charge is 2.24. The van der Waals surface area contributed by atoms with Crippen molar-refractivity contribution < 1.29 is 13.2 Å². The average molecular weight is 403 g/mol. The molecule has 27 heavy (non-hydrogen) atoms. The summed E-state index contributed by atoms with van der Waals surface area (Å²) in [6.45, 7) is 3.69. The van der Waals surface area contributed by atoms with Gasteiger partial charge >= 0.3 is 0 Å². The van der Waals surface area contributed by atoms with Crippen molar-refractivity contribution in [3.8, 4) is 0 Å². The number of benzene rings is 2. The van der Waals surface area contributed by atoms with Crippen molar-refractivity contribution in [1.29, 1.82) is 0 Å². The molecule has 0 atom stereocenters. The number of nitrogens with zero attached hydrogens (tertiary/aromatic N) is 1. The quantitative estimate of drug-likeness (QED) is 0.609. The molecular formula is C20H22N2O3S2. The van der Waals surface area contributed by atoms with Gasteiger partial charge in [-0.25, -0.2) is 13.4 Å². The largest absolute Gasteiger partial charge is 0.352 e. The molecule has 0 unspecified atom stereocenters. The Balaban J connectivity index is 1.61. The molecule has 2 aromatic carbocycles. The van der Waals surface area contributed by atoms with Gasteiger partial charge in [0.2, 0.25) is 0 Å². The first kappa shape index (κ1) is 19.5. The van der Waals surface area contributed by atoms with Crippen molar-refractivity contribution in [3.05, 3.63) is 59.1 Å². The van der Waals surface area contributed by atoms with Crippen molar-refractivity contribution in [3.63, 3.8) is 0 Å². The van der Waals surface area contributed by atoms with E-state index < -0.39 is 15.1 Å². The molecule has 0 aliphatic carbocycles. The maximum atomic E-state index is 12.5. The second-order valence-corrected chi connectivity index (χ2v) is 10.1. The van der Waals surface area contributed by atoms with Gasteiger partial charge in [-0.3, -0.25) is 4.79 Å². The van der Waals surface area contributed by atoms with E-state index in [0.29, 0.717) is 6.54 Å². The maximum Gasteiger partial charge on any atom is 0.252 e. The normalized spacial score (nSPS) is 11.8. The summed E-state index contributed by atoms with van der Waals surface area (Å²) in [5.74, 6) is -0.362. The lowest BCUT2D eigenvalue weighted by Gasteiger charge is -2.12. The third-order valence-electron chi connectivity index (χ3n) is 4.25. The van der Waals surface area contributed by atoms with Crippen LogP contribution in [-0.2, 0) is 16.3 Å². The van der Waals surface area contributed by atoms with E-state index in [1.807, 2.05) is 24.3 Å². The highest BCUT2D eigenvalue weighted by molar-refractivity contribution is 7.92. The number of fused-ring (bicyclic) bond motifs is 1. The maximum absolute atomic E-state index is 12.5. The molecule has 1 N–H and O–H groups in total. The van der Waals surface area contributed by atoms with Crippen LogP contribution in [0.2, 0.25) is 0 Å². The van der Waals surface area contributed by atoms with Gasteiger partial charge in [0.25, 0.3) is 5.91 Å². The summed E-state index contributed by atoms with van der Waals surface area (Å²) in [5, 5.41) is 3.29. The second-order valence-electron chi connectivity index (χ2n) is 6.52. The predicted molar refractivity (Wildman–Crippen MR) is 109 cm³/mol. The minimum atomic E-state index is -3.51. The molecule has 7 heteroatoms. The van der Waals surface area contributed by atoms with E-state index in [1.54, 1.807) is 43.4 Å². The van der Waals surface area contributed by atoms with Crippen LogP contribution >= 0.6 is 11.3 Å². The number of carbonyl (C=O) groups is 1. The van der Waals surface area contributed by atoms with Crippen molar-refractivity contribution >= 4 is 37.3 Å². The lowest BCUT2D eigenvalue weighted by molar-refractivity contribution is 0.0950. The smallest absolute Gasteiger partial charge is 0.252 e. The number of aromatic nitrogens is 1. The number of hydrogen-bond donors (Lipinski definition) is 1. The van der Waals surface area contributed by atoms with Gasteiger partial charge in [-0.2, -0.15) is 0 Å². The van der Waals surface area contributed by atoms with E-state index in [-0.39, 0.29) is 16.4 Å². The number of aryl methyl sites for hydroxylation is 1. The molecule has 0 aliphatic heterocycles. The second kappa shape index (κ2) is 8.19. The van der Waals surface area contributed by atoms with Crippen molar-refractivity contribution in [2.75, 3.05) is 6.54 Å². The summed E-state index contributed by atoms with van der Waals surface area (Å²) in [6.07, 6.45) is 1.51. The molecular weight excluding hydrogens is 380 g/mol. The zero-order valence-electron chi connectivity index (χ0n) is 15.3. The summed E-state index contributed by atoms with van der Waals surface area (Å²) < 4.78 is 26.1. The molecule has 142 valence electrons. The van der Waals surface area contributed by atoms with Gasteiger partial charge in [0.05, 0.1) is 30.9 Å². The molecule has 0 saturated heterocycles. The Kier molecular flexibility index (Phi) is 5.92. The van der Waals surface area contributed by atoms with Crippen LogP contribution in [0.4, 0.5) is 0 Å². The number of thiazole rings is 1. The third kappa shape index (κ3) is 4.36. The van der Waals surface area contributed by atoms with E-state index in [9.17, 15) is 13.2 Å². The Morgan fingerprint density at radius 1 is 1.11 bits per heavy atom. The molecule has 1 aromatic heterocycles. The minimum Gasteiger partial charge on any atom is -0.352 e. The molecule has 3 rings (SSSR count). The first-order chi connectivity index (χ1) is 12.9. The van der Waals surface area contributed by atoms with E-state index in [2.05, 4.69) is 10.3 Å². The van der Waals surface area contributed by atoms with Gasteiger partial charge in [-0.15, -0.1) is 11.3 Å². The lowest BCUT2D eigenvalue weighted by Crippen LogP contribution is -2.27. The van der Waals surface area contributed by atoms with Crippen molar-refractivity contribution in [2.24, 2.45) is 0 Å². The molecule has 0 fully saturated rings. The van der Waals surface area contributed by atoms with Gasteiger partial charge < -0.3 is 5.32 Å². The molecule has 0 radical (unpaired) electrons. The summed E-state index contributed by atoms with van der Waals surface area (Å²) in [4.78, 5) is 17.2. The van der Waals surface area contributed by atoms with Gasteiger partial charge in [-0.05, 0) is 44.5 Å². The number of hydrogen-bond acceptors (Lipinski definition) is 5. The number of amides is 1. The monoisotopic (exact) mass is 402 g/mol. The first-order valence-corrected chi connectivity index (χ1v) is 11.2. The number of nitrogens with one attached hydrogen (secondary N) is 1. The summed E-state index contributed by atoms with van der Waals surface area (Å²) in [5.41, 5.74) is 1.19. The molecule has 0 spiro atoms. The predicted octanol–water partition coefficient (Wildman–Crippen LogP) is 3.84. The first-order valence-electron chi connectivity index (χ1n) is 8.85. The van der Waals surface area contributed by atoms with Crippen molar-refractivity contribution in [2.45, 2.75) is 36.8 Å². The zero-order chi connectivity index (χ0) is 19.4. The van der Waals surface area contributed by atoms with E-state index >= 15 is 0 Å². The Morgan fingerprint density at radius 3 is 2.56 bits per heavy atom. The Hall–Kier alpha value is -2.25. The van der Waals surface area contributed by atoms with E-state index in [0.717, 1.165) is 28.1 Å². The van der Waals surface area contributed by atoms with Gasteiger partial charge in [-0.1, -0.05) is 24.3 Å². The molecule has 5 nitrogen and oxygen atoms in total. The standard InChI is InChI=1S/C20H22N2O3S2/c1-14(2)27(24,25)18-11-6-3-8-15(18)20(23)21-13-7-12-19-22-16-9-4-5-10-17(16)26-19/h3-6,8-11,14H,7,12-13H2,1-2H3,(H,21,23). The fraction of sp³-hybridized carbons (Fsp3) is 0.300. The fourth-order valence-corrected chi connectivity index (χ4v) is 4.97. The van der Waals surface area contributed by atoms with Gasteiger partial charge in [0.15, 0.2) is 9.84 Å². The summed E-state index contributed by atoms with van der Waals surface area (Å²) in [7, 11) is -3.51. The van der Waals surface area contributed by atoms with Crippen LogP contribution in [0.5, 0.6) is 0 Å². The molecule has 1 heterocycles. The molecule has 0 bridgehead atoms. The molecule has 0 saturated carbocycles. The van der Waals surface area contributed by atoms with Gasteiger partial charge in [0, 0.05) is 13.0 Å². The number of sulfone groups is 1. The van der Waals surface area contributed by atoms with Gasteiger partial charge in [0.1, 0.15) is 0 Å². The molecule has 3 aromatic rings. The van der Waals surface area contributed by atoms with Crippen LogP contribution in [0.15, 0.2) is 53.4 Å². The SMILES string of the molecule is CC(C)S(=O)(=O)c1ccccc1C(=O)NCCCc1nc2ccccc2s1. The summed E-state index contributed by atoms with van der Waals surface area (Å²) in [6, 6.07) is 14.4.